The lowest BCUT2D eigenvalue weighted by molar-refractivity contribution is -0.123. The molecule has 1 aromatic carbocycles. The predicted molar refractivity (Wildman–Crippen MR) is 62.7 cm³/mol. The number of carbonyl (C=O) groups excluding carboxylic acids is 1. The Bertz CT molecular complexity index is 676. The molecule has 0 saturated heterocycles. The lowest BCUT2D eigenvalue weighted by atomic mass is 9.92. The van der Waals surface area contributed by atoms with Gasteiger partial charge in [0, 0.05) is 5.41 Å². The molecule has 118 valence electrons. The van der Waals surface area contributed by atoms with E-state index in [0.717, 1.165) is 0 Å². The number of carbonyl (C=O) groups is 1. The number of Topliss-reactive ketones (excluding diaryl/α,β-unsaturated/α-hetero) is 1. The molecule has 0 radical (unpaired) electrons. The average Bonchev–Trinajstić information content (AvgIpc) is 2.32. The zero-order valence-corrected chi connectivity index (χ0v) is 12.0. The highest BCUT2D eigenvalue weighted by atomic mass is 32.2. The standard InChI is InChI=1S/C12H11F5O3S/c1-12(2,3)5(18)4-21(19,20)11-9(16)7(14)6(13)8(15)10(11)17/h4H2,1-3H3. The van der Waals surface area contributed by atoms with Crippen LogP contribution in [0.5, 0.6) is 0 Å². The van der Waals surface area contributed by atoms with E-state index in [9.17, 15) is 35.2 Å². The van der Waals surface area contributed by atoms with Crippen LogP contribution in [0.25, 0.3) is 0 Å². The Labute approximate surface area is 117 Å². The summed E-state index contributed by atoms with van der Waals surface area (Å²) in [5.74, 6) is -14.5. The maximum atomic E-state index is 13.4. The molecule has 0 fully saturated rings. The first-order chi connectivity index (χ1) is 9.30. The normalized spacial score (nSPS) is 12.6. The molecular formula is C12H11F5O3S. The number of halogens is 5. The molecule has 0 aliphatic heterocycles. The zero-order valence-electron chi connectivity index (χ0n) is 11.2. The summed E-state index contributed by atoms with van der Waals surface area (Å²) in [6.07, 6.45) is 0. The van der Waals surface area contributed by atoms with Gasteiger partial charge in [-0.25, -0.2) is 30.4 Å². The molecule has 0 aliphatic rings. The molecule has 0 N–H and O–H groups in total. The smallest absolute Gasteiger partial charge is 0.200 e. The Morgan fingerprint density at radius 2 is 1.19 bits per heavy atom. The SMILES string of the molecule is CC(C)(C)C(=O)CS(=O)(=O)c1c(F)c(F)c(F)c(F)c1F. The Morgan fingerprint density at radius 3 is 1.52 bits per heavy atom. The summed E-state index contributed by atoms with van der Waals surface area (Å²) in [4.78, 5) is 9.64. The number of sulfone groups is 1. The average molecular weight is 330 g/mol. The van der Waals surface area contributed by atoms with Gasteiger partial charge in [-0.3, -0.25) is 4.79 Å². The molecule has 0 bridgehead atoms. The fourth-order valence-electron chi connectivity index (χ4n) is 1.32. The second-order valence-corrected chi connectivity index (χ2v) is 7.26. The van der Waals surface area contributed by atoms with Crippen molar-refractivity contribution in [3.05, 3.63) is 29.1 Å². The van der Waals surface area contributed by atoms with Gasteiger partial charge in [0.2, 0.25) is 5.82 Å². The third-order valence-electron chi connectivity index (χ3n) is 2.64. The van der Waals surface area contributed by atoms with Crippen LogP contribution in [0.15, 0.2) is 4.90 Å². The summed E-state index contributed by atoms with van der Waals surface area (Å²) >= 11 is 0. The maximum Gasteiger partial charge on any atom is 0.200 e. The van der Waals surface area contributed by atoms with E-state index < -0.39 is 60.8 Å². The third kappa shape index (κ3) is 3.22. The molecule has 1 rings (SSSR count). The molecule has 0 amide bonds. The van der Waals surface area contributed by atoms with Crippen LogP contribution >= 0.6 is 0 Å². The van der Waals surface area contributed by atoms with Crippen molar-refractivity contribution in [1.82, 2.24) is 0 Å². The van der Waals surface area contributed by atoms with Crippen LogP contribution in [0.2, 0.25) is 0 Å². The van der Waals surface area contributed by atoms with Gasteiger partial charge >= 0.3 is 0 Å². The molecule has 9 heteroatoms. The Morgan fingerprint density at radius 1 is 0.857 bits per heavy atom. The molecular weight excluding hydrogens is 319 g/mol. The van der Waals surface area contributed by atoms with Crippen molar-refractivity contribution in [3.8, 4) is 0 Å². The van der Waals surface area contributed by atoms with Crippen molar-refractivity contribution in [2.75, 3.05) is 5.75 Å². The molecule has 0 heterocycles. The number of ketones is 1. The van der Waals surface area contributed by atoms with Crippen LogP contribution in [0.1, 0.15) is 20.8 Å². The van der Waals surface area contributed by atoms with Gasteiger partial charge in [0.15, 0.2) is 38.9 Å². The lowest BCUT2D eigenvalue weighted by Crippen LogP contribution is -2.29. The molecule has 0 atom stereocenters. The van der Waals surface area contributed by atoms with Crippen LogP contribution in [-0.4, -0.2) is 20.0 Å². The lowest BCUT2D eigenvalue weighted by Gasteiger charge is -2.17. The molecule has 0 unspecified atom stereocenters. The largest absolute Gasteiger partial charge is 0.298 e. The van der Waals surface area contributed by atoms with E-state index in [1.54, 1.807) is 0 Å². The Balaban J connectivity index is 3.51. The molecule has 0 aliphatic carbocycles. The van der Waals surface area contributed by atoms with Crippen molar-refractivity contribution >= 4 is 15.6 Å². The number of benzene rings is 1. The van der Waals surface area contributed by atoms with Gasteiger partial charge in [-0.1, -0.05) is 20.8 Å². The first kappa shape index (κ1) is 17.5. The quantitative estimate of drug-likeness (QED) is 0.371. The van der Waals surface area contributed by atoms with Crippen LogP contribution in [-0.2, 0) is 14.6 Å². The summed E-state index contributed by atoms with van der Waals surface area (Å²) in [7, 11) is -5.01. The van der Waals surface area contributed by atoms with Gasteiger partial charge in [-0.15, -0.1) is 0 Å². The van der Waals surface area contributed by atoms with Crippen molar-refractivity contribution in [3.63, 3.8) is 0 Å². The van der Waals surface area contributed by atoms with Gasteiger partial charge in [-0.05, 0) is 0 Å². The first-order valence-corrected chi connectivity index (χ1v) is 7.23. The van der Waals surface area contributed by atoms with E-state index in [4.69, 9.17) is 0 Å². The van der Waals surface area contributed by atoms with E-state index in [-0.39, 0.29) is 0 Å². The van der Waals surface area contributed by atoms with E-state index in [2.05, 4.69) is 0 Å². The summed E-state index contributed by atoms with van der Waals surface area (Å²) in [6, 6.07) is 0. The third-order valence-corrected chi connectivity index (χ3v) is 4.26. The minimum absolute atomic E-state index is 0.925. The zero-order chi connectivity index (χ0) is 16.7. The van der Waals surface area contributed by atoms with Gasteiger partial charge in [0.05, 0.1) is 0 Å². The second-order valence-electron chi connectivity index (χ2n) is 5.33. The summed E-state index contributed by atoms with van der Waals surface area (Å²) in [5, 5.41) is 0. The Kier molecular flexibility index (Phi) is 4.48. The Hall–Kier alpha value is -1.51. The minimum atomic E-state index is -5.01. The van der Waals surface area contributed by atoms with E-state index in [1.807, 2.05) is 0 Å². The van der Waals surface area contributed by atoms with Crippen molar-refractivity contribution in [2.24, 2.45) is 5.41 Å². The summed E-state index contributed by atoms with van der Waals surface area (Å²) < 4.78 is 89.3. The van der Waals surface area contributed by atoms with E-state index in [0.29, 0.717) is 0 Å². The van der Waals surface area contributed by atoms with E-state index >= 15 is 0 Å². The predicted octanol–water partition coefficient (Wildman–Crippen LogP) is 2.77. The summed E-state index contributed by atoms with van der Waals surface area (Å²) in [5.41, 5.74) is -1.16. The first-order valence-electron chi connectivity index (χ1n) is 5.58. The number of rotatable bonds is 3. The number of hydrogen-bond acceptors (Lipinski definition) is 3. The van der Waals surface area contributed by atoms with Crippen LogP contribution in [0.4, 0.5) is 22.0 Å². The number of hydrogen-bond donors (Lipinski definition) is 0. The van der Waals surface area contributed by atoms with Crippen LogP contribution in [0.3, 0.4) is 0 Å². The highest BCUT2D eigenvalue weighted by molar-refractivity contribution is 7.92. The molecule has 21 heavy (non-hydrogen) atoms. The van der Waals surface area contributed by atoms with Gasteiger partial charge < -0.3 is 0 Å². The second kappa shape index (κ2) is 5.36. The van der Waals surface area contributed by atoms with Crippen LogP contribution < -0.4 is 0 Å². The van der Waals surface area contributed by atoms with Crippen molar-refractivity contribution in [2.45, 2.75) is 25.7 Å². The monoisotopic (exact) mass is 330 g/mol. The fourth-order valence-corrected chi connectivity index (χ4v) is 2.97. The van der Waals surface area contributed by atoms with Gasteiger partial charge in [-0.2, -0.15) is 0 Å². The summed E-state index contributed by atoms with van der Waals surface area (Å²) in [6.45, 7) is 4.05. The minimum Gasteiger partial charge on any atom is -0.298 e. The molecule has 0 saturated carbocycles. The highest BCUT2D eigenvalue weighted by Crippen LogP contribution is 2.28. The van der Waals surface area contributed by atoms with E-state index in [1.165, 1.54) is 20.8 Å². The highest BCUT2D eigenvalue weighted by Gasteiger charge is 2.36. The fraction of sp³-hybridized carbons (Fsp3) is 0.417. The molecule has 1 aromatic rings. The van der Waals surface area contributed by atoms with Crippen molar-refractivity contribution < 1.29 is 35.2 Å². The molecule has 0 spiro atoms. The van der Waals surface area contributed by atoms with Crippen molar-refractivity contribution in [1.29, 1.82) is 0 Å². The van der Waals surface area contributed by atoms with Crippen LogP contribution in [0, 0.1) is 34.5 Å². The van der Waals surface area contributed by atoms with Gasteiger partial charge in [0.1, 0.15) is 10.6 Å². The molecule has 3 nitrogen and oxygen atoms in total. The molecule has 0 aromatic heterocycles. The maximum absolute atomic E-state index is 13.4. The topological polar surface area (TPSA) is 51.2 Å². The van der Waals surface area contributed by atoms with Gasteiger partial charge in [0.25, 0.3) is 0 Å².